The number of hydrogen-bond donors (Lipinski definition) is 1. The number of benzene rings is 1. The monoisotopic (exact) mass is 299 g/mol. The SMILES string of the molecule is Cc1cccc(-n2cc(-c3n[nH]c(=S)o3)c(=O)cc2C)c1. The molecule has 1 aromatic carbocycles. The number of aromatic amines is 1. The summed E-state index contributed by atoms with van der Waals surface area (Å²) in [4.78, 5) is 12.3. The van der Waals surface area contributed by atoms with E-state index in [9.17, 15) is 4.79 Å². The van der Waals surface area contributed by atoms with E-state index < -0.39 is 0 Å². The van der Waals surface area contributed by atoms with Gasteiger partial charge in [-0.1, -0.05) is 12.1 Å². The molecular weight excluding hydrogens is 286 g/mol. The average molecular weight is 299 g/mol. The number of nitrogens with one attached hydrogen (secondary N) is 1. The third-order valence-corrected chi connectivity index (χ3v) is 3.37. The van der Waals surface area contributed by atoms with E-state index in [1.807, 2.05) is 42.7 Å². The number of nitrogens with zero attached hydrogens (tertiary/aromatic N) is 2. The van der Waals surface area contributed by atoms with Crippen molar-refractivity contribution in [2.24, 2.45) is 0 Å². The molecule has 106 valence electrons. The molecule has 0 saturated heterocycles. The number of pyridine rings is 1. The van der Waals surface area contributed by atoms with Crippen LogP contribution in [0.4, 0.5) is 0 Å². The molecule has 5 nitrogen and oxygen atoms in total. The topological polar surface area (TPSA) is 63.8 Å². The quantitative estimate of drug-likeness (QED) is 0.738. The van der Waals surface area contributed by atoms with Gasteiger partial charge in [0.1, 0.15) is 5.56 Å². The van der Waals surface area contributed by atoms with Crippen LogP contribution in [0.2, 0.25) is 0 Å². The zero-order valence-electron chi connectivity index (χ0n) is 11.6. The highest BCUT2D eigenvalue weighted by Crippen LogP contribution is 2.17. The maximum absolute atomic E-state index is 12.1. The number of aromatic nitrogens is 3. The van der Waals surface area contributed by atoms with Crippen molar-refractivity contribution in [3.05, 3.63) is 62.8 Å². The Hall–Kier alpha value is -2.47. The molecule has 0 amide bonds. The number of H-pyrrole nitrogens is 1. The van der Waals surface area contributed by atoms with Gasteiger partial charge in [0.05, 0.1) is 0 Å². The van der Waals surface area contributed by atoms with Crippen LogP contribution in [-0.4, -0.2) is 14.8 Å². The summed E-state index contributed by atoms with van der Waals surface area (Å²) in [5.74, 6) is 0.200. The molecule has 1 N–H and O–H groups in total. The van der Waals surface area contributed by atoms with E-state index in [2.05, 4.69) is 10.2 Å². The normalized spacial score (nSPS) is 10.8. The van der Waals surface area contributed by atoms with Crippen LogP contribution in [-0.2, 0) is 0 Å². The van der Waals surface area contributed by atoms with Crippen LogP contribution < -0.4 is 5.43 Å². The number of hydrogen-bond acceptors (Lipinski definition) is 4. The van der Waals surface area contributed by atoms with Crippen molar-refractivity contribution in [3.8, 4) is 17.1 Å². The lowest BCUT2D eigenvalue weighted by Crippen LogP contribution is -2.11. The van der Waals surface area contributed by atoms with E-state index in [0.29, 0.717) is 5.56 Å². The molecular formula is C15H13N3O2S. The fraction of sp³-hybridized carbons (Fsp3) is 0.133. The lowest BCUT2D eigenvalue weighted by atomic mass is 10.2. The van der Waals surface area contributed by atoms with Crippen LogP contribution in [0.25, 0.3) is 17.1 Å². The zero-order valence-corrected chi connectivity index (χ0v) is 12.4. The Morgan fingerprint density at radius 1 is 1.29 bits per heavy atom. The highest BCUT2D eigenvalue weighted by molar-refractivity contribution is 7.71. The summed E-state index contributed by atoms with van der Waals surface area (Å²) in [6.45, 7) is 3.91. The predicted molar refractivity (Wildman–Crippen MR) is 82.2 cm³/mol. The van der Waals surface area contributed by atoms with Gasteiger partial charge < -0.3 is 8.98 Å². The molecule has 21 heavy (non-hydrogen) atoms. The first kappa shape index (κ1) is 13.5. The maximum Gasteiger partial charge on any atom is 0.284 e. The largest absolute Gasteiger partial charge is 0.409 e. The summed E-state index contributed by atoms with van der Waals surface area (Å²) >= 11 is 4.85. The summed E-state index contributed by atoms with van der Waals surface area (Å²) in [6.07, 6.45) is 1.72. The average Bonchev–Trinajstić information content (AvgIpc) is 2.85. The molecule has 0 saturated carbocycles. The first-order valence-electron chi connectivity index (χ1n) is 6.41. The van der Waals surface area contributed by atoms with E-state index in [1.54, 1.807) is 12.3 Å². The highest BCUT2D eigenvalue weighted by atomic mass is 32.1. The summed E-state index contributed by atoms with van der Waals surface area (Å²) in [6, 6.07) is 9.58. The van der Waals surface area contributed by atoms with Crippen molar-refractivity contribution in [1.82, 2.24) is 14.8 Å². The van der Waals surface area contributed by atoms with Crippen LogP contribution in [0.15, 0.2) is 45.7 Å². The molecule has 2 heterocycles. The van der Waals surface area contributed by atoms with Crippen LogP contribution in [0, 0.1) is 18.7 Å². The third-order valence-electron chi connectivity index (χ3n) is 3.19. The molecule has 3 aromatic rings. The Morgan fingerprint density at radius 2 is 2.10 bits per heavy atom. The van der Waals surface area contributed by atoms with Gasteiger partial charge >= 0.3 is 0 Å². The molecule has 2 aromatic heterocycles. The molecule has 0 aliphatic heterocycles. The smallest absolute Gasteiger partial charge is 0.284 e. The summed E-state index contributed by atoms with van der Waals surface area (Å²) < 4.78 is 7.17. The predicted octanol–water partition coefficient (Wildman–Crippen LogP) is 3.17. The molecule has 0 bridgehead atoms. The molecule has 0 aliphatic carbocycles. The van der Waals surface area contributed by atoms with Gasteiger partial charge in [-0.2, -0.15) is 0 Å². The number of rotatable bonds is 2. The molecule has 0 fully saturated rings. The van der Waals surface area contributed by atoms with Crippen molar-refractivity contribution < 1.29 is 4.42 Å². The Morgan fingerprint density at radius 3 is 2.76 bits per heavy atom. The van der Waals surface area contributed by atoms with E-state index in [1.165, 1.54) is 0 Å². The van der Waals surface area contributed by atoms with Gasteiger partial charge in [-0.05, 0) is 43.8 Å². The molecule has 0 atom stereocenters. The van der Waals surface area contributed by atoms with Crippen molar-refractivity contribution in [2.75, 3.05) is 0 Å². The van der Waals surface area contributed by atoms with E-state index in [-0.39, 0.29) is 16.2 Å². The first-order chi connectivity index (χ1) is 10.0. The van der Waals surface area contributed by atoms with Gasteiger partial charge in [-0.3, -0.25) is 4.79 Å². The van der Waals surface area contributed by atoms with Gasteiger partial charge in [0.25, 0.3) is 10.7 Å². The summed E-state index contributed by atoms with van der Waals surface area (Å²) in [7, 11) is 0. The maximum atomic E-state index is 12.1. The Balaban J connectivity index is 2.23. The van der Waals surface area contributed by atoms with Crippen LogP contribution >= 0.6 is 12.2 Å². The molecule has 0 aliphatic rings. The van der Waals surface area contributed by atoms with Gasteiger partial charge in [0.2, 0.25) is 0 Å². The lowest BCUT2D eigenvalue weighted by Gasteiger charge is -2.12. The van der Waals surface area contributed by atoms with Gasteiger partial charge in [-0.15, -0.1) is 5.10 Å². The van der Waals surface area contributed by atoms with Crippen molar-refractivity contribution in [1.29, 1.82) is 0 Å². The highest BCUT2D eigenvalue weighted by Gasteiger charge is 2.12. The number of aryl methyl sites for hydroxylation is 2. The van der Waals surface area contributed by atoms with E-state index in [0.717, 1.165) is 16.9 Å². The second-order valence-electron chi connectivity index (χ2n) is 4.82. The standard InChI is InChI=1S/C15H13N3O2S/c1-9-4-3-5-11(6-9)18-8-12(13(19)7-10(18)2)14-16-17-15(21)20-14/h3-8H,1-2H3,(H,17,21). The second kappa shape index (κ2) is 5.14. The summed E-state index contributed by atoms with van der Waals surface area (Å²) in [5.41, 5.74) is 3.17. The van der Waals surface area contributed by atoms with Crippen LogP contribution in [0.1, 0.15) is 11.3 Å². The Bertz CT molecular complexity index is 921. The van der Waals surface area contributed by atoms with Crippen molar-refractivity contribution >= 4 is 12.2 Å². The van der Waals surface area contributed by atoms with Gasteiger partial charge in [0.15, 0.2) is 5.43 Å². The first-order valence-corrected chi connectivity index (χ1v) is 6.81. The molecule has 3 rings (SSSR count). The minimum absolute atomic E-state index is 0.145. The minimum Gasteiger partial charge on any atom is -0.409 e. The Kier molecular flexibility index (Phi) is 3.31. The Labute approximate surface area is 125 Å². The van der Waals surface area contributed by atoms with Crippen molar-refractivity contribution in [2.45, 2.75) is 13.8 Å². The van der Waals surface area contributed by atoms with Crippen LogP contribution in [0.3, 0.4) is 0 Å². The lowest BCUT2D eigenvalue weighted by molar-refractivity contribution is 0.551. The van der Waals surface area contributed by atoms with Gasteiger partial charge in [0, 0.05) is 23.6 Å². The molecule has 0 radical (unpaired) electrons. The second-order valence-corrected chi connectivity index (χ2v) is 5.19. The van der Waals surface area contributed by atoms with Crippen molar-refractivity contribution in [3.63, 3.8) is 0 Å². The van der Waals surface area contributed by atoms with E-state index >= 15 is 0 Å². The molecule has 0 spiro atoms. The molecule has 0 unspecified atom stereocenters. The summed E-state index contributed by atoms with van der Waals surface area (Å²) in [5, 5.41) is 6.45. The van der Waals surface area contributed by atoms with Crippen LogP contribution in [0.5, 0.6) is 0 Å². The zero-order chi connectivity index (χ0) is 15.0. The minimum atomic E-state index is -0.151. The van der Waals surface area contributed by atoms with E-state index in [4.69, 9.17) is 16.6 Å². The fourth-order valence-electron chi connectivity index (χ4n) is 2.19. The fourth-order valence-corrected chi connectivity index (χ4v) is 2.32. The molecule has 6 heteroatoms. The van der Waals surface area contributed by atoms with Gasteiger partial charge in [-0.25, -0.2) is 5.10 Å². The third kappa shape index (κ3) is 2.57.